The van der Waals surface area contributed by atoms with Crippen molar-refractivity contribution in [2.45, 2.75) is 32.1 Å². The Labute approximate surface area is 176 Å². The lowest BCUT2D eigenvalue weighted by molar-refractivity contribution is -0.122. The van der Waals surface area contributed by atoms with E-state index in [0.29, 0.717) is 19.8 Å². The molecule has 0 saturated heterocycles. The highest BCUT2D eigenvalue weighted by atomic mass is 35.5. The maximum atomic E-state index is 12.6. The second-order valence-electron chi connectivity index (χ2n) is 7.44. The topological polar surface area (TPSA) is 38.3 Å². The monoisotopic (exact) mass is 405 g/mol. The van der Waals surface area contributed by atoms with Gasteiger partial charge in [0.25, 0.3) is 0 Å². The van der Waals surface area contributed by atoms with Gasteiger partial charge in [0.1, 0.15) is 0 Å². The van der Waals surface area contributed by atoms with Crippen LogP contribution in [0.1, 0.15) is 34.6 Å². The smallest absolute Gasteiger partial charge is 0.224 e. The first-order chi connectivity index (χ1) is 14.2. The van der Waals surface area contributed by atoms with Crippen LogP contribution in [-0.2, 0) is 29.3 Å². The van der Waals surface area contributed by atoms with Gasteiger partial charge < -0.3 is 10.1 Å². The van der Waals surface area contributed by atoms with Crippen molar-refractivity contribution < 1.29 is 9.53 Å². The molecule has 29 heavy (non-hydrogen) atoms. The van der Waals surface area contributed by atoms with E-state index in [2.05, 4.69) is 23.5 Å². The molecule has 0 bridgehead atoms. The lowest BCUT2D eigenvalue weighted by Gasteiger charge is -2.12. The normalized spacial score (nSPS) is 17.7. The molecule has 0 radical (unpaired) electrons. The first-order valence-electron chi connectivity index (χ1n) is 9.93. The fourth-order valence-corrected chi connectivity index (χ4v) is 3.92. The van der Waals surface area contributed by atoms with Crippen LogP contribution in [0, 0.1) is 5.92 Å². The Morgan fingerprint density at radius 3 is 2.38 bits per heavy atom. The molecule has 0 aliphatic heterocycles. The van der Waals surface area contributed by atoms with Gasteiger partial charge in [0.2, 0.25) is 5.91 Å². The molecule has 3 nitrogen and oxygen atoms in total. The van der Waals surface area contributed by atoms with Crippen molar-refractivity contribution in [2.75, 3.05) is 0 Å². The van der Waals surface area contributed by atoms with Gasteiger partial charge in [-0.1, -0.05) is 84.4 Å². The molecule has 1 aliphatic rings. The first-order valence-corrected chi connectivity index (χ1v) is 10.3. The molecule has 2 atom stereocenters. The van der Waals surface area contributed by atoms with Crippen molar-refractivity contribution in [1.82, 2.24) is 5.32 Å². The van der Waals surface area contributed by atoms with Crippen molar-refractivity contribution in [3.63, 3.8) is 0 Å². The SMILES string of the molecule is O=C(NCc1ccccc1COCc1ccccc1)C1CC1c1ccccc1Cl. The average molecular weight is 406 g/mol. The summed E-state index contributed by atoms with van der Waals surface area (Å²) in [5, 5.41) is 3.84. The minimum atomic E-state index is 0.0105. The molecule has 1 saturated carbocycles. The zero-order chi connectivity index (χ0) is 20.1. The zero-order valence-corrected chi connectivity index (χ0v) is 16.9. The van der Waals surface area contributed by atoms with Gasteiger partial charge >= 0.3 is 0 Å². The number of amides is 1. The summed E-state index contributed by atoms with van der Waals surface area (Å²) < 4.78 is 5.87. The maximum Gasteiger partial charge on any atom is 0.224 e. The summed E-state index contributed by atoms with van der Waals surface area (Å²) in [4.78, 5) is 12.6. The summed E-state index contributed by atoms with van der Waals surface area (Å²) in [6.45, 7) is 1.60. The summed E-state index contributed by atoms with van der Waals surface area (Å²) in [5.41, 5.74) is 4.41. The first kappa shape index (κ1) is 19.7. The third kappa shape index (κ3) is 5.06. The van der Waals surface area contributed by atoms with Crippen LogP contribution in [0.25, 0.3) is 0 Å². The largest absolute Gasteiger partial charge is 0.372 e. The number of hydrogen-bond donors (Lipinski definition) is 1. The van der Waals surface area contributed by atoms with Crippen LogP contribution in [0.3, 0.4) is 0 Å². The van der Waals surface area contributed by atoms with E-state index >= 15 is 0 Å². The molecule has 1 amide bonds. The number of nitrogens with one attached hydrogen (secondary N) is 1. The van der Waals surface area contributed by atoms with E-state index in [1.807, 2.05) is 60.7 Å². The van der Waals surface area contributed by atoms with Crippen LogP contribution in [0.5, 0.6) is 0 Å². The quantitative estimate of drug-likeness (QED) is 0.539. The number of hydrogen-bond acceptors (Lipinski definition) is 2. The predicted molar refractivity (Wildman–Crippen MR) is 116 cm³/mol. The molecule has 2 unspecified atom stereocenters. The highest BCUT2D eigenvalue weighted by molar-refractivity contribution is 6.31. The highest BCUT2D eigenvalue weighted by Crippen LogP contribution is 2.49. The molecular formula is C25H24ClNO2. The van der Waals surface area contributed by atoms with Crippen LogP contribution in [0.2, 0.25) is 5.02 Å². The van der Waals surface area contributed by atoms with Crippen molar-refractivity contribution >= 4 is 17.5 Å². The third-order valence-electron chi connectivity index (χ3n) is 5.37. The zero-order valence-electron chi connectivity index (χ0n) is 16.2. The second kappa shape index (κ2) is 9.25. The summed E-state index contributed by atoms with van der Waals surface area (Å²) in [6, 6.07) is 26.0. The van der Waals surface area contributed by atoms with Gasteiger partial charge in [-0.25, -0.2) is 0 Å². The van der Waals surface area contributed by atoms with Crippen molar-refractivity contribution in [3.05, 3.63) is 106 Å². The van der Waals surface area contributed by atoms with Crippen molar-refractivity contribution in [1.29, 1.82) is 0 Å². The van der Waals surface area contributed by atoms with Crippen LogP contribution < -0.4 is 5.32 Å². The predicted octanol–water partition coefficient (Wildman–Crippen LogP) is 5.48. The number of rotatable bonds is 8. The van der Waals surface area contributed by atoms with Crippen LogP contribution in [0.15, 0.2) is 78.9 Å². The molecular weight excluding hydrogens is 382 g/mol. The van der Waals surface area contributed by atoms with Crippen molar-refractivity contribution in [3.8, 4) is 0 Å². The van der Waals surface area contributed by atoms with E-state index < -0.39 is 0 Å². The molecule has 0 spiro atoms. The van der Waals surface area contributed by atoms with E-state index in [1.54, 1.807) is 0 Å². The molecule has 0 aromatic heterocycles. The molecule has 1 aliphatic carbocycles. The molecule has 4 heteroatoms. The highest BCUT2D eigenvalue weighted by Gasteiger charge is 2.44. The van der Waals surface area contributed by atoms with Crippen molar-refractivity contribution in [2.24, 2.45) is 5.92 Å². The van der Waals surface area contributed by atoms with E-state index in [0.717, 1.165) is 33.7 Å². The van der Waals surface area contributed by atoms with Gasteiger partial charge in [-0.3, -0.25) is 4.79 Å². The minimum Gasteiger partial charge on any atom is -0.372 e. The Kier molecular flexibility index (Phi) is 6.28. The molecule has 1 N–H and O–H groups in total. The van der Waals surface area contributed by atoms with Gasteiger partial charge in [0, 0.05) is 17.5 Å². The molecule has 3 aromatic carbocycles. The Morgan fingerprint density at radius 1 is 0.897 bits per heavy atom. The molecule has 4 rings (SSSR count). The van der Waals surface area contributed by atoms with Gasteiger partial charge in [-0.05, 0) is 40.7 Å². The van der Waals surface area contributed by atoms with Gasteiger partial charge in [-0.15, -0.1) is 0 Å². The average Bonchev–Trinajstić information content (AvgIpc) is 3.55. The second-order valence-corrected chi connectivity index (χ2v) is 7.84. The van der Waals surface area contributed by atoms with E-state index in [-0.39, 0.29) is 17.7 Å². The lowest BCUT2D eigenvalue weighted by Crippen LogP contribution is -2.25. The minimum absolute atomic E-state index is 0.0105. The number of halogens is 1. The van der Waals surface area contributed by atoms with Gasteiger partial charge in [0.15, 0.2) is 0 Å². The molecule has 148 valence electrons. The molecule has 1 fully saturated rings. The number of carbonyl (C=O) groups excluding carboxylic acids is 1. The summed E-state index contributed by atoms with van der Waals surface area (Å²) in [5.74, 6) is 0.333. The van der Waals surface area contributed by atoms with Gasteiger partial charge in [-0.2, -0.15) is 0 Å². The molecule has 3 aromatic rings. The van der Waals surface area contributed by atoms with E-state index in [4.69, 9.17) is 16.3 Å². The molecule has 0 heterocycles. The number of ether oxygens (including phenoxy) is 1. The van der Waals surface area contributed by atoms with Crippen LogP contribution in [0.4, 0.5) is 0 Å². The Bertz CT molecular complexity index is 973. The van der Waals surface area contributed by atoms with E-state index in [1.165, 1.54) is 0 Å². The fourth-order valence-electron chi connectivity index (χ4n) is 3.64. The standard InChI is InChI=1S/C25H24ClNO2/c26-24-13-7-6-12-21(24)22-14-23(22)25(28)27-15-19-10-4-5-11-20(19)17-29-16-18-8-2-1-3-9-18/h1-13,22-23H,14-17H2,(H,27,28). The maximum absolute atomic E-state index is 12.6. The third-order valence-corrected chi connectivity index (χ3v) is 5.72. The Morgan fingerprint density at radius 2 is 1.59 bits per heavy atom. The number of benzene rings is 3. The Balaban J connectivity index is 1.30. The van der Waals surface area contributed by atoms with Gasteiger partial charge in [0.05, 0.1) is 13.2 Å². The lowest BCUT2D eigenvalue weighted by atomic mass is 10.1. The fraction of sp³-hybridized carbons (Fsp3) is 0.240. The summed E-state index contributed by atoms with van der Waals surface area (Å²) in [6.07, 6.45) is 0.859. The van der Waals surface area contributed by atoms with Crippen LogP contribution in [-0.4, -0.2) is 5.91 Å². The summed E-state index contributed by atoms with van der Waals surface area (Å²) >= 11 is 6.27. The van der Waals surface area contributed by atoms with Crippen LogP contribution >= 0.6 is 11.6 Å². The summed E-state index contributed by atoms with van der Waals surface area (Å²) in [7, 11) is 0. The Hall–Kier alpha value is -2.62. The number of carbonyl (C=O) groups is 1. The van der Waals surface area contributed by atoms with E-state index in [9.17, 15) is 4.79 Å².